The van der Waals surface area contributed by atoms with Crippen molar-refractivity contribution in [3.8, 4) is 0 Å². The number of aryl methyl sites for hydroxylation is 1. The maximum Gasteiger partial charge on any atom is 0.129 e. The lowest BCUT2D eigenvalue weighted by Crippen LogP contribution is -2.18. The van der Waals surface area contributed by atoms with Gasteiger partial charge in [-0.05, 0) is 43.9 Å². The molecule has 2 aliphatic rings. The van der Waals surface area contributed by atoms with Crippen LogP contribution in [-0.4, -0.2) is 16.5 Å². The van der Waals surface area contributed by atoms with Crippen molar-refractivity contribution in [3.05, 3.63) is 18.1 Å². The van der Waals surface area contributed by atoms with Gasteiger partial charge in [-0.3, -0.25) is 0 Å². The molecule has 0 unspecified atom stereocenters. The van der Waals surface area contributed by atoms with E-state index in [2.05, 4.69) is 15.3 Å². The first-order valence-electron chi connectivity index (χ1n) is 5.81. The molecule has 1 heterocycles. The molecule has 0 saturated heterocycles. The van der Waals surface area contributed by atoms with Gasteiger partial charge >= 0.3 is 0 Å². The Morgan fingerprint density at radius 1 is 1.40 bits per heavy atom. The lowest BCUT2D eigenvalue weighted by Gasteiger charge is -2.15. The van der Waals surface area contributed by atoms with Gasteiger partial charge in [0.25, 0.3) is 0 Å². The van der Waals surface area contributed by atoms with E-state index in [9.17, 15) is 0 Å². The van der Waals surface area contributed by atoms with Gasteiger partial charge in [0.05, 0.1) is 0 Å². The Kier molecular flexibility index (Phi) is 1.94. The van der Waals surface area contributed by atoms with E-state index in [0.717, 1.165) is 24.0 Å². The van der Waals surface area contributed by atoms with Gasteiger partial charge in [0.15, 0.2) is 0 Å². The van der Waals surface area contributed by atoms with Crippen LogP contribution >= 0.6 is 0 Å². The fourth-order valence-electron chi connectivity index (χ4n) is 2.40. The first-order chi connectivity index (χ1) is 7.28. The highest BCUT2D eigenvalue weighted by atomic mass is 15.0. The summed E-state index contributed by atoms with van der Waals surface area (Å²) in [6.07, 6.45) is 7.35. The molecule has 0 radical (unpaired) electrons. The van der Waals surface area contributed by atoms with Crippen molar-refractivity contribution in [2.75, 3.05) is 11.9 Å². The summed E-state index contributed by atoms with van der Waals surface area (Å²) in [7, 11) is 0. The number of hydrogen-bond acceptors (Lipinski definition) is 3. The molecule has 0 aliphatic heterocycles. The van der Waals surface area contributed by atoms with Gasteiger partial charge in [0, 0.05) is 18.3 Å². The summed E-state index contributed by atoms with van der Waals surface area (Å²) < 4.78 is 0. The van der Waals surface area contributed by atoms with Gasteiger partial charge in [-0.15, -0.1) is 0 Å². The Labute approximate surface area is 90.3 Å². The number of anilines is 1. The predicted octanol–water partition coefficient (Wildman–Crippen LogP) is 2.39. The fourth-order valence-corrected chi connectivity index (χ4v) is 2.40. The molecule has 0 atom stereocenters. The minimum Gasteiger partial charge on any atom is -0.369 e. The molecule has 2 aliphatic carbocycles. The van der Waals surface area contributed by atoms with E-state index in [4.69, 9.17) is 0 Å². The van der Waals surface area contributed by atoms with Crippen LogP contribution in [0.25, 0.3) is 0 Å². The standard InChI is InChI=1S/C12H17N3/c1-9-6-11(15-8-14-9)13-7-12(4-5-12)10-2-3-10/h6,8,10H,2-5,7H2,1H3,(H,13,14,15). The summed E-state index contributed by atoms with van der Waals surface area (Å²) in [5, 5.41) is 3.46. The van der Waals surface area contributed by atoms with Crippen LogP contribution in [0.1, 0.15) is 31.4 Å². The molecular formula is C12H17N3. The van der Waals surface area contributed by atoms with Crippen molar-refractivity contribution in [2.24, 2.45) is 11.3 Å². The third-order valence-corrected chi connectivity index (χ3v) is 3.76. The first kappa shape index (κ1) is 9.13. The van der Waals surface area contributed by atoms with Gasteiger partial charge in [-0.2, -0.15) is 0 Å². The molecule has 2 fully saturated rings. The number of nitrogens with zero attached hydrogens (tertiary/aromatic N) is 2. The summed E-state index contributed by atoms with van der Waals surface area (Å²) >= 11 is 0. The first-order valence-corrected chi connectivity index (χ1v) is 5.81. The van der Waals surface area contributed by atoms with Gasteiger partial charge < -0.3 is 5.32 Å². The van der Waals surface area contributed by atoms with Gasteiger partial charge in [-0.1, -0.05) is 0 Å². The monoisotopic (exact) mass is 203 g/mol. The zero-order valence-electron chi connectivity index (χ0n) is 9.16. The van der Waals surface area contributed by atoms with Crippen molar-refractivity contribution in [1.82, 2.24) is 9.97 Å². The molecule has 3 nitrogen and oxygen atoms in total. The van der Waals surface area contributed by atoms with E-state index >= 15 is 0 Å². The molecule has 0 spiro atoms. The van der Waals surface area contributed by atoms with E-state index in [1.165, 1.54) is 25.7 Å². The molecule has 15 heavy (non-hydrogen) atoms. The van der Waals surface area contributed by atoms with E-state index in [0.29, 0.717) is 5.41 Å². The number of aromatic nitrogens is 2. The molecule has 3 rings (SSSR count). The van der Waals surface area contributed by atoms with Crippen LogP contribution in [0.2, 0.25) is 0 Å². The highest BCUT2D eigenvalue weighted by molar-refractivity contribution is 5.35. The SMILES string of the molecule is Cc1cc(NCC2(C3CC3)CC2)ncn1. The number of rotatable bonds is 4. The zero-order chi connectivity index (χ0) is 10.3. The third kappa shape index (κ3) is 1.83. The highest BCUT2D eigenvalue weighted by Crippen LogP contribution is 2.61. The Morgan fingerprint density at radius 3 is 2.80 bits per heavy atom. The average Bonchev–Trinajstić information content (AvgIpc) is 3.08. The van der Waals surface area contributed by atoms with Crippen molar-refractivity contribution in [3.63, 3.8) is 0 Å². The lowest BCUT2D eigenvalue weighted by molar-refractivity contribution is 0.466. The summed E-state index contributed by atoms with van der Waals surface area (Å²) in [5.74, 6) is 1.99. The molecular weight excluding hydrogens is 186 g/mol. The third-order valence-electron chi connectivity index (χ3n) is 3.76. The molecule has 0 amide bonds. The van der Waals surface area contributed by atoms with E-state index < -0.39 is 0 Å². The second-order valence-electron chi connectivity index (χ2n) is 5.03. The van der Waals surface area contributed by atoms with Crippen LogP contribution in [0, 0.1) is 18.3 Å². The summed E-state index contributed by atoms with van der Waals surface area (Å²) in [6, 6.07) is 2.02. The molecule has 0 bridgehead atoms. The number of hydrogen-bond donors (Lipinski definition) is 1. The Balaban J connectivity index is 1.61. The number of nitrogens with one attached hydrogen (secondary N) is 1. The summed E-state index contributed by atoms with van der Waals surface area (Å²) in [4.78, 5) is 8.32. The molecule has 1 N–H and O–H groups in total. The largest absolute Gasteiger partial charge is 0.369 e. The van der Waals surface area contributed by atoms with E-state index in [1.54, 1.807) is 6.33 Å². The van der Waals surface area contributed by atoms with Crippen LogP contribution in [0.5, 0.6) is 0 Å². The van der Waals surface area contributed by atoms with Crippen LogP contribution in [0.4, 0.5) is 5.82 Å². The van der Waals surface area contributed by atoms with Crippen LogP contribution in [0.3, 0.4) is 0 Å². The Morgan fingerprint density at radius 2 is 2.20 bits per heavy atom. The zero-order valence-corrected chi connectivity index (χ0v) is 9.16. The maximum absolute atomic E-state index is 4.23. The van der Waals surface area contributed by atoms with Gasteiger partial charge in [0.2, 0.25) is 0 Å². The topological polar surface area (TPSA) is 37.8 Å². The maximum atomic E-state index is 4.23. The van der Waals surface area contributed by atoms with E-state index in [-0.39, 0.29) is 0 Å². The van der Waals surface area contributed by atoms with Crippen molar-refractivity contribution in [2.45, 2.75) is 32.6 Å². The molecule has 0 aromatic carbocycles. The lowest BCUT2D eigenvalue weighted by atomic mass is 10.0. The summed E-state index contributed by atoms with van der Waals surface area (Å²) in [5.41, 5.74) is 1.67. The van der Waals surface area contributed by atoms with Crippen LogP contribution in [0.15, 0.2) is 12.4 Å². The minimum absolute atomic E-state index is 0.638. The minimum atomic E-state index is 0.638. The molecule has 1 aromatic rings. The Hall–Kier alpha value is -1.12. The Bertz CT molecular complexity index is 367. The molecule has 1 aromatic heterocycles. The second kappa shape index (κ2) is 3.19. The van der Waals surface area contributed by atoms with Crippen LogP contribution in [-0.2, 0) is 0 Å². The van der Waals surface area contributed by atoms with Crippen molar-refractivity contribution >= 4 is 5.82 Å². The summed E-state index contributed by atoms with van der Waals surface area (Å²) in [6.45, 7) is 3.11. The second-order valence-corrected chi connectivity index (χ2v) is 5.03. The fraction of sp³-hybridized carbons (Fsp3) is 0.667. The van der Waals surface area contributed by atoms with Gasteiger partial charge in [0.1, 0.15) is 12.1 Å². The van der Waals surface area contributed by atoms with E-state index in [1.807, 2.05) is 13.0 Å². The normalized spacial score (nSPS) is 22.5. The quantitative estimate of drug-likeness (QED) is 0.816. The van der Waals surface area contributed by atoms with Crippen molar-refractivity contribution < 1.29 is 0 Å². The molecule has 80 valence electrons. The predicted molar refractivity (Wildman–Crippen MR) is 59.6 cm³/mol. The van der Waals surface area contributed by atoms with Gasteiger partial charge in [-0.25, -0.2) is 9.97 Å². The molecule has 3 heteroatoms. The smallest absolute Gasteiger partial charge is 0.129 e. The van der Waals surface area contributed by atoms with Crippen molar-refractivity contribution in [1.29, 1.82) is 0 Å². The highest BCUT2D eigenvalue weighted by Gasteiger charge is 2.53. The molecule has 2 saturated carbocycles. The average molecular weight is 203 g/mol. The van der Waals surface area contributed by atoms with Crippen LogP contribution < -0.4 is 5.32 Å².